The average Bonchev–Trinajstić information content (AvgIpc) is 2.73. The second kappa shape index (κ2) is 9.38. The molecule has 0 saturated heterocycles. The van der Waals surface area contributed by atoms with Crippen molar-refractivity contribution in [2.75, 3.05) is 0 Å². The van der Waals surface area contributed by atoms with Crippen LogP contribution in [0.2, 0.25) is 0 Å². The van der Waals surface area contributed by atoms with Gasteiger partial charge in [0.15, 0.2) is 0 Å². The van der Waals surface area contributed by atoms with Crippen LogP contribution < -0.4 is 10.9 Å². The molecule has 0 fully saturated rings. The molecule has 0 aliphatic rings. The van der Waals surface area contributed by atoms with Gasteiger partial charge in [0.2, 0.25) is 0 Å². The molecule has 0 aliphatic carbocycles. The van der Waals surface area contributed by atoms with Crippen LogP contribution in [0.5, 0.6) is 0 Å². The molecule has 0 saturated carbocycles. The van der Waals surface area contributed by atoms with Gasteiger partial charge in [0.05, 0.1) is 17.3 Å². The lowest BCUT2D eigenvalue weighted by molar-refractivity contribution is 0.0935. The summed E-state index contributed by atoms with van der Waals surface area (Å²) in [7, 11) is 0. The van der Waals surface area contributed by atoms with E-state index in [1.165, 1.54) is 30.6 Å². The fourth-order valence-electron chi connectivity index (χ4n) is 3.14. The van der Waals surface area contributed by atoms with Crippen molar-refractivity contribution in [1.29, 1.82) is 0 Å². The van der Waals surface area contributed by atoms with E-state index in [0.717, 1.165) is 0 Å². The second-order valence-electron chi connectivity index (χ2n) is 9.10. The van der Waals surface area contributed by atoms with Crippen LogP contribution >= 0.6 is 0 Å². The largest absolute Gasteiger partial charge is 0.345 e. The Kier molecular flexibility index (Phi) is 6.81. The van der Waals surface area contributed by atoms with Crippen LogP contribution in [0.4, 0.5) is 4.39 Å². The number of halogens is 1. The Bertz CT molecular complexity index is 1130. The van der Waals surface area contributed by atoms with Gasteiger partial charge in [0.1, 0.15) is 17.5 Å². The number of aromatic nitrogens is 4. The topological polar surface area (TPSA) is 101 Å². The number of amides is 1. The maximum atomic E-state index is 13.5. The predicted molar refractivity (Wildman–Crippen MR) is 120 cm³/mol. The average molecular weight is 438 g/mol. The monoisotopic (exact) mass is 437 g/mol. The number of carbonyl (C=O) groups is 1. The lowest BCUT2D eigenvalue weighted by atomic mass is 9.96. The van der Waals surface area contributed by atoms with E-state index in [4.69, 9.17) is 0 Å². The summed E-state index contributed by atoms with van der Waals surface area (Å²) in [5.74, 6) is 0.510. The van der Waals surface area contributed by atoms with Gasteiger partial charge in [-0.05, 0) is 17.7 Å². The molecule has 3 aromatic rings. The Balaban J connectivity index is 1.89. The zero-order valence-corrected chi connectivity index (χ0v) is 18.9. The van der Waals surface area contributed by atoms with Crippen molar-refractivity contribution in [3.63, 3.8) is 0 Å². The molecule has 7 nitrogen and oxygen atoms in total. The van der Waals surface area contributed by atoms with Gasteiger partial charge in [-0.15, -0.1) is 0 Å². The first kappa shape index (κ1) is 23.2. The third-order valence-corrected chi connectivity index (χ3v) is 4.94. The van der Waals surface area contributed by atoms with Crippen molar-refractivity contribution in [3.05, 3.63) is 87.4 Å². The molecule has 168 valence electrons. The number of benzene rings is 1. The zero-order valence-electron chi connectivity index (χ0n) is 18.9. The number of hydrogen-bond acceptors (Lipinski definition) is 5. The molecule has 32 heavy (non-hydrogen) atoms. The van der Waals surface area contributed by atoms with Crippen molar-refractivity contribution in [2.45, 2.75) is 58.4 Å². The standard InChI is InChI=1S/C24H28FN5O2/c1-14(2)21-28-18(11-20(31)30-21)10-19(15-6-8-17(25)9-7-15)29-22(32)16-12-26-23(27-13-16)24(3,4)5/h6-9,11-14,19H,10H2,1-5H3,(H,29,32)(H,28,30,31)/t19-/m0/s1. The van der Waals surface area contributed by atoms with Gasteiger partial charge in [0, 0.05) is 36.2 Å². The minimum atomic E-state index is -0.528. The van der Waals surface area contributed by atoms with Crippen molar-refractivity contribution >= 4 is 5.91 Å². The molecular weight excluding hydrogens is 409 g/mol. The molecular formula is C24H28FN5O2. The molecule has 3 rings (SSSR count). The summed E-state index contributed by atoms with van der Waals surface area (Å²) in [6, 6.07) is 6.77. The number of hydrogen-bond donors (Lipinski definition) is 2. The number of nitrogens with zero attached hydrogens (tertiary/aromatic N) is 3. The quantitative estimate of drug-likeness (QED) is 0.610. The van der Waals surface area contributed by atoms with Gasteiger partial charge in [-0.3, -0.25) is 9.59 Å². The van der Waals surface area contributed by atoms with Crippen LogP contribution in [-0.2, 0) is 11.8 Å². The summed E-state index contributed by atoms with van der Waals surface area (Å²) in [6.45, 7) is 9.84. The van der Waals surface area contributed by atoms with Crippen molar-refractivity contribution in [2.24, 2.45) is 0 Å². The Hall–Kier alpha value is -3.42. The molecule has 0 unspecified atom stereocenters. The van der Waals surface area contributed by atoms with Crippen molar-refractivity contribution in [1.82, 2.24) is 25.3 Å². The lowest BCUT2D eigenvalue weighted by Crippen LogP contribution is -2.31. The Labute approximate surface area is 186 Å². The van der Waals surface area contributed by atoms with Crippen LogP contribution in [0.1, 0.15) is 79.8 Å². The molecule has 8 heteroatoms. The minimum absolute atomic E-state index is 0.0417. The van der Waals surface area contributed by atoms with E-state index in [0.29, 0.717) is 28.5 Å². The minimum Gasteiger partial charge on any atom is -0.345 e. The van der Waals surface area contributed by atoms with Crippen LogP contribution in [0.3, 0.4) is 0 Å². The highest BCUT2D eigenvalue weighted by Gasteiger charge is 2.21. The van der Waals surface area contributed by atoms with Crippen LogP contribution in [0.15, 0.2) is 47.5 Å². The van der Waals surface area contributed by atoms with E-state index < -0.39 is 6.04 Å². The molecule has 1 amide bonds. The SMILES string of the molecule is CC(C)c1nc(C[C@H](NC(=O)c2cnc(C(C)(C)C)nc2)c2ccc(F)cc2)cc(=O)[nH]1. The van der Waals surface area contributed by atoms with Crippen LogP contribution in [0.25, 0.3) is 0 Å². The van der Waals surface area contributed by atoms with Gasteiger partial charge in [-0.1, -0.05) is 46.8 Å². The van der Waals surface area contributed by atoms with E-state index in [9.17, 15) is 14.0 Å². The van der Waals surface area contributed by atoms with E-state index >= 15 is 0 Å². The fraction of sp³-hybridized carbons (Fsp3) is 0.375. The molecule has 2 heterocycles. The molecule has 0 aliphatic heterocycles. The number of rotatable bonds is 6. The first-order valence-corrected chi connectivity index (χ1v) is 10.5. The first-order valence-electron chi connectivity index (χ1n) is 10.5. The van der Waals surface area contributed by atoms with E-state index in [-0.39, 0.29) is 35.0 Å². The maximum Gasteiger partial charge on any atom is 0.254 e. The fourth-order valence-corrected chi connectivity index (χ4v) is 3.14. The number of carbonyl (C=O) groups excluding carboxylic acids is 1. The number of H-pyrrole nitrogens is 1. The normalized spacial score (nSPS) is 12.6. The Morgan fingerprint density at radius 3 is 2.31 bits per heavy atom. The third-order valence-electron chi connectivity index (χ3n) is 4.94. The predicted octanol–water partition coefficient (Wildman–Crippen LogP) is 3.83. The first-order chi connectivity index (χ1) is 15.0. The molecule has 0 spiro atoms. The highest BCUT2D eigenvalue weighted by molar-refractivity contribution is 5.93. The van der Waals surface area contributed by atoms with Gasteiger partial charge < -0.3 is 10.3 Å². The van der Waals surface area contributed by atoms with Crippen LogP contribution in [0, 0.1) is 5.82 Å². The van der Waals surface area contributed by atoms with Crippen molar-refractivity contribution in [3.8, 4) is 0 Å². The zero-order chi connectivity index (χ0) is 23.5. The maximum absolute atomic E-state index is 13.5. The van der Waals surface area contributed by atoms with Crippen LogP contribution in [-0.4, -0.2) is 25.8 Å². The second-order valence-corrected chi connectivity index (χ2v) is 9.10. The molecule has 1 aromatic carbocycles. The summed E-state index contributed by atoms with van der Waals surface area (Å²) in [5, 5.41) is 2.95. The van der Waals surface area contributed by atoms with Gasteiger partial charge in [-0.25, -0.2) is 19.3 Å². The molecule has 1 atom stereocenters. The number of aromatic amines is 1. The Morgan fingerprint density at radius 2 is 1.75 bits per heavy atom. The molecule has 0 radical (unpaired) electrons. The summed E-state index contributed by atoms with van der Waals surface area (Å²) < 4.78 is 13.5. The van der Waals surface area contributed by atoms with Gasteiger partial charge in [-0.2, -0.15) is 0 Å². The summed E-state index contributed by atoms with van der Waals surface area (Å²) in [5.41, 5.74) is 1.05. The van der Waals surface area contributed by atoms with Crippen molar-refractivity contribution < 1.29 is 9.18 Å². The van der Waals surface area contributed by atoms with E-state index in [2.05, 4.69) is 25.3 Å². The third kappa shape index (κ3) is 5.84. The summed E-state index contributed by atoms with van der Waals surface area (Å²) in [4.78, 5) is 40.9. The van der Waals surface area contributed by atoms with E-state index in [1.54, 1.807) is 12.1 Å². The highest BCUT2D eigenvalue weighted by Crippen LogP contribution is 2.20. The summed E-state index contributed by atoms with van der Waals surface area (Å²) >= 11 is 0. The lowest BCUT2D eigenvalue weighted by Gasteiger charge is -2.20. The number of nitrogens with one attached hydrogen (secondary N) is 2. The van der Waals surface area contributed by atoms with E-state index in [1.807, 2.05) is 34.6 Å². The molecule has 2 N–H and O–H groups in total. The molecule has 2 aromatic heterocycles. The Morgan fingerprint density at radius 1 is 1.12 bits per heavy atom. The highest BCUT2D eigenvalue weighted by atomic mass is 19.1. The van der Waals surface area contributed by atoms with Gasteiger partial charge >= 0.3 is 0 Å². The molecule has 0 bridgehead atoms. The van der Waals surface area contributed by atoms with Gasteiger partial charge in [0.25, 0.3) is 11.5 Å². The smallest absolute Gasteiger partial charge is 0.254 e. The summed E-state index contributed by atoms with van der Waals surface area (Å²) in [6.07, 6.45) is 3.25.